The second-order valence-corrected chi connectivity index (χ2v) is 5.23. The van der Waals surface area contributed by atoms with Gasteiger partial charge in [-0.3, -0.25) is 4.98 Å². The van der Waals surface area contributed by atoms with E-state index in [4.69, 9.17) is 0 Å². The van der Waals surface area contributed by atoms with Gasteiger partial charge in [-0.15, -0.1) is 0 Å². The molecule has 2 N–H and O–H groups in total. The zero-order chi connectivity index (χ0) is 15.4. The average Bonchev–Trinajstić information content (AvgIpc) is 2.55. The molecule has 0 saturated carbocycles. The van der Waals surface area contributed by atoms with Gasteiger partial charge in [0.15, 0.2) is 0 Å². The molecular weight excluding hydrogens is 274 g/mol. The van der Waals surface area contributed by atoms with E-state index in [0.717, 1.165) is 16.7 Å². The van der Waals surface area contributed by atoms with Crippen LogP contribution in [-0.4, -0.2) is 15.2 Å². The lowest BCUT2D eigenvalue weighted by atomic mass is 9.85. The number of pyridine rings is 1. The van der Waals surface area contributed by atoms with Crippen molar-refractivity contribution in [3.63, 3.8) is 0 Å². The number of nitrogens with zero attached hydrogens (tertiary/aromatic N) is 1. The lowest BCUT2D eigenvalue weighted by Crippen LogP contribution is -2.06. The van der Waals surface area contributed by atoms with Crippen molar-refractivity contribution in [1.82, 2.24) is 4.98 Å². The van der Waals surface area contributed by atoms with Crippen molar-refractivity contribution in [2.24, 2.45) is 0 Å². The monoisotopic (exact) mass is 291 g/mol. The number of aromatic nitrogens is 1. The Hall–Kier alpha value is -2.81. The predicted molar refractivity (Wildman–Crippen MR) is 86.0 cm³/mol. The first-order valence-corrected chi connectivity index (χ1v) is 7.20. The summed E-state index contributed by atoms with van der Waals surface area (Å²) in [6.45, 7) is 0. The van der Waals surface area contributed by atoms with Gasteiger partial charge in [0.1, 0.15) is 11.5 Å². The smallest absolute Gasteiger partial charge is 0.119 e. The van der Waals surface area contributed by atoms with Gasteiger partial charge < -0.3 is 10.2 Å². The van der Waals surface area contributed by atoms with Crippen LogP contribution >= 0.6 is 0 Å². The fourth-order valence-corrected chi connectivity index (χ4v) is 2.71. The number of phenolic OH excluding ortho intramolecular Hbond substituents is 2. The quantitative estimate of drug-likeness (QED) is 0.767. The van der Waals surface area contributed by atoms with E-state index in [-0.39, 0.29) is 17.4 Å². The van der Waals surface area contributed by atoms with Crippen LogP contribution in [0.25, 0.3) is 0 Å². The largest absolute Gasteiger partial charge is 0.508 e. The van der Waals surface area contributed by atoms with Crippen molar-refractivity contribution in [1.29, 1.82) is 0 Å². The van der Waals surface area contributed by atoms with Crippen molar-refractivity contribution in [3.8, 4) is 11.5 Å². The molecule has 22 heavy (non-hydrogen) atoms. The Morgan fingerprint density at radius 2 is 1.23 bits per heavy atom. The number of phenols is 2. The van der Waals surface area contributed by atoms with Crippen LogP contribution in [0.5, 0.6) is 11.5 Å². The van der Waals surface area contributed by atoms with Crippen molar-refractivity contribution in [2.45, 2.75) is 12.3 Å². The molecular formula is C19H17NO2. The number of rotatable bonds is 4. The standard InChI is InChI=1S/C19H17NO2/c21-18-7-3-1-5-15(18)17(13-14-9-11-20-12-10-14)16-6-2-4-8-19(16)22/h1-12,17,21-22H,13H2. The van der Waals surface area contributed by atoms with Crippen LogP contribution in [0.4, 0.5) is 0 Å². The number of aromatic hydroxyl groups is 2. The van der Waals surface area contributed by atoms with E-state index in [1.807, 2.05) is 36.4 Å². The first-order valence-electron chi connectivity index (χ1n) is 7.20. The predicted octanol–water partition coefficient (Wildman–Crippen LogP) is 3.87. The molecule has 0 spiro atoms. The molecule has 3 aromatic rings. The number of hydrogen-bond donors (Lipinski definition) is 2. The lowest BCUT2D eigenvalue weighted by Gasteiger charge is -2.20. The third-order valence-corrected chi connectivity index (χ3v) is 3.81. The fourth-order valence-electron chi connectivity index (χ4n) is 2.71. The van der Waals surface area contributed by atoms with Crippen LogP contribution in [0.2, 0.25) is 0 Å². The first-order chi connectivity index (χ1) is 10.8. The summed E-state index contributed by atoms with van der Waals surface area (Å²) in [5, 5.41) is 20.4. The molecule has 2 aromatic carbocycles. The SMILES string of the molecule is Oc1ccccc1C(Cc1ccncc1)c1ccccc1O. The normalized spacial score (nSPS) is 10.8. The third-order valence-electron chi connectivity index (χ3n) is 3.81. The summed E-state index contributed by atoms with van der Waals surface area (Å²) in [5.41, 5.74) is 2.72. The molecule has 3 heteroatoms. The molecule has 3 nitrogen and oxygen atoms in total. The minimum absolute atomic E-state index is 0.121. The molecule has 0 aliphatic rings. The Morgan fingerprint density at radius 1 is 0.727 bits per heavy atom. The first kappa shape index (κ1) is 14.1. The van der Waals surface area contributed by atoms with Gasteiger partial charge >= 0.3 is 0 Å². The highest BCUT2D eigenvalue weighted by atomic mass is 16.3. The lowest BCUT2D eigenvalue weighted by molar-refractivity contribution is 0.454. The van der Waals surface area contributed by atoms with Crippen molar-refractivity contribution in [3.05, 3.63) is 89.7 Å². The van der Waals surface area contributed by atoms with Gasteiger partial charge in [-0.05, 0) is 36.2 Å². The van der Waals surface area contributed by atoms with E-state index in [1.54, 1.807) is 36.7 Å². The summed E-state index contributed by atoms with van der Waals surface area (Å²) < 4.78 is 0. The van der Waals surface area contributed by atoms with Crippen LogP contribution in [0, 0.1) is 0 Å². The summed E-state index contributed by atoms with van der Waals surface area (Å²) in [4.78, 5) is 4.03. The molecule has 0 aliphatic heterocycles. The fraction of sp³-hybridized carbons (Fsp3) is 0.105. The molecule has 0 atom stereocenters. The van der Waals surface area contributed by atoms with Crippen LogP contribution < -0.4 is 0 Å². The van der Waals surface area contributed by atoms with E-state index < -0.39 is 0 Å². The van der Waals surface area contributed by atoms with E-state index in [0.29, 0.717) is 6.42 Å². The van der Waals surface area contributed by atoms with Crippen LogP contribution in [0.3, 0.4) is 0 Å². The highest BCUT2D eigenvalue weighted by Gasteiger charge is 2.20. The highest BCUT2D eigenvalue weighted by molar-refractivity contribution is 5.47. The minimum atomic E-state index is -0.121. The maximum absolute atomic E-state index is 10.2. The summed E-state index contributed by atoms with van der Waals surface area (Å²) in [6.07, 6.45) is 4.18. The van der Waals surface area contributed by atoms with E-state index >= 15 is 0 Å². The Morgan fingerprint density at radius 3 is 1.73 bits per heavy atom. The minimum Gasteiger partial charge on any atom is -0.508 e. The molecule has 0 bridgehead atoms. The van der Waals surface area contributed by atoms with Crippen LogP contribution in [0.15, 0.2) is 73.1 Å². The summed E-state index contributed by atoms with van der Waals surface area (Å²) in [5.74, 6) is 0.361. The summed E-state index contributed by atoms with van der Waals surface area (Å²) in [7, 11) is 0. The average molecular weight is 291 g/mol. The molecule has 3 rings (SSSR count). The maximum Gasteiger partial charge on any atom is 0.119 e. The Labute approximate surface area is 129 Å². The number of hydrogen-bond acceptors (Lipinski definition) is 3. The van der Waals surface area contributed by atoms with Crippen LogP contribution in [0.1, 0.15) is 22.6 Å². The van der Waals surface area contributed by atoms with E-state index in [1.165, 1.54) is 0 Å². The van der Waals surface area contributed by atoms with Gasteiger partial charge in [0.2, 0.25) is 0 Å². The maximum atomic E-state index is 10.2. The second-order valence-electron chi connectivity index (χ2n) is 5.23. The van der Waals surface area contributed by atoms with Gasteiger partial charge in [0.25, 0.3) is 0 Å². The molecule has 0 radical (unpaired) electrons. The molecule has 0 unspecified atom stereocenters. The summed E-state index contributed by atoms with van der Waals surface area (Å²) in [6, 6.07) is 18.4. The molecule has 110 valence electrons. The molecule has 0 fully saturated rings. The van der Waals surface area contributed by atoms with Gasteiger partial charge in [0.05, 0.1) is 0 Å². The third kappa shape index (κ3) is 2.93. The van der Waals surface area contributed by atoms with Crippen LogP contribution in [-0.2, 0) is 6.42 Å². The van der Waals surface area contributed by atoms with Crippen molar-refractivity contribution < 1.29 is 10.2 Å². The Bertz CT molecular complexity index is 711. The number of benzene rings is 2. The highest BCUT2D eigenvalue weighted by Crippen LogP contribution is 2.37. The Balaban J connectivity index is 2.07. The summed E-state index contributed by atoms with van der Waals surface area (Å²) >= 11 is 0. The number of para-hydroxylation sites is 2. The van der Waals surface area contributed by atoms with E-state index in [2.05, 4.69) is 4.98 Å². The topological polar surface area (TPSA) is 53.4 Å². The molecule has 1 heterocycles. The van der Waals surface area contributed by atoms with E-state index in [9.17, 15) is 10.2 Å². The van der Waals surface area contributed by atoms with Gasteiger partial charge in [-0.25, -0.2) is 0 Å². The zero-order valence-electron chi connectivity index (χ0n) is 12.1. The van der Waals surface area contributed by atoms with Gasteiger partial charge in [-0.1, -0.05) is 36.4 Å². The zero-order valence-corrected chi connectivity index (χ0v) is 12.1. The molecule has 0 saturated heterocycles. The van der Waals surface area contributed by atoms with Crippen molar-refractivity contribution in [2.75, 3.05) is 0 Å². The van der Waals surface area contributed by atoms with Gasteiger partial charge in [-0.2, -0.15) is 0 Å². The molecule has 0 aliphatic carbocycles. The molecule has 1 aromatic heterocycles. The second kappa shape index (κ2) is 6.31. The Kier molecular flexibility index (Phi) is 4.05. The molecule has 0 amide bonds. The van der Waals surface area contributed by atoms with Gasteiger partial charge in [0, 0.05) is 29.4 Å². The van der Waals surface area contributed by atoms with Crippen molar-refractivity contribution >= 4 is 0 Å².